The van der Waals surface area contributed by atoms with Gasteiger partial charge in [-0.1, -0.05) is 0 Å². The molecule has 16 heavy (non-hydrogen) atoms. The van der Waals surface area contributed by atoms with Crippen molar-refractivity contribution in [2.45, 2.75) is 0 Å². The zero-order valence-electron chi connectivity index (χ0n) is 9.00. The SMILES string of the molecule is COCCNCC(=O)Nc1ccc(F)cn1. The van der Waals surface area contributed by atoms with Gasteiger partial charge in [0.15, 0.2) is 0 Å². The molecule has 5 nitrogen and oxygen atoms in total. The Morgan fingerprint density at radius 1 is 1.56 bits per heavy atom. The summed E-state index contributed by atoms with van der Waals surface area (Å²) >= 11 is 0. The van der Waals surface area contributed by atoms with Gasteiger partial charge in [-0.2, -0.15) is 0 Å². The van der Waals surface area contributed by atoms with Gasteiger partial charge in [-0.15, -0.1) is 0 Å². The van der Waals surface area contributed by atoms with Gasteiger partial charge in [-0.3, -0.25) is 4.79 Å². The van der Waals surface area contributed by atoms with E-state index in [0.717, 1.165) is 6.20 Å². The second-order valence-corrected chi connectivity index (χ2v) is 3.08. The zero-order chi connectivity index (χ0) is 11.8. The Kier molecular flexibility index (Phi) is 5.38. The lowest BCUT2D eigenvalue weighted by Gasteiger charge is -2.05. The molecule has 0 radical (unpaired) electrons. The molecule has 1 amide bonds. The molecule has 0 aliphatic rings. The van der Waals surface area contributed by atoms with E-state index < -0.39 is 5.82 Å². The molecule has 0 saturated heterocycles. The van der Waals surface area contributed by atoms with Gasteiger partial charge < -0.3 is 15.4 Å². The Bertz CT molecular complexity index is 329. The third-order valence-electron chi connectivity index (χ3n) is 1.76. The van der Waals surface area contributed by atoms with Crippen molar-refractivity contribution in [2.75, 3.05) is 32.1 Å². The van der Waals surface area contributed by atoms with Crippen LogP contribution in [-0.2, 0) is 9.53 Å². The molecule has 1 rings (SSSR count). The van der Waals surface area contributed by atoms with Crippen LogP contribution in [0.4, 0.5) is 10.2 Å². The molecule has 0 fully saturated rings. The molecule has 0 aliphatic heterocycles. The summed E-state index contributed by atoms with van der Waals surface area (Å²) < 4.78 is 17.3. The van der Waals surface area contributed by atoms with E-state index in [-0.39, 0.29) is 12.5 Å². The smallest absolute Gasteiger partial charge is 0.239 e. The first-order valence-electron chi connectivity index (χ1n) is 4.83. The minimum Gasteiger partial charge on any atom is -0.383 e. The quantitative estimate of drug-likeness (QED) is 0.690. The fourth-order valence-electron chi connectivity index (χ4n) is 1.01. The predicted molar refractivity (Wildman–Crippen MR) is 57.6 cm³/mol. The highest BCUT2D eigenvalue weighted by Gasteiger charge is 2.02. The van der Waals surface area contributed by atoms with Gasteiger partial charge in [-0.25, -0.2) is 9.37 Å². The second kappa shape index (κ2) is 6.86. The van der Waals surface area contributed by atoms with Gasteiger partial charge in [0.1, 0.15) is 11.6 Å². The number of hydrogen-bond acceptors (Lipinski definition) is 4. The number of aromatic nitrogens is 1. The Morgan fingerprint density at radius 2 is 2.38 bits per heavy atom. The highest BCUT2D eigenvalue weighted by Crippen LogP contribution is 2.02. The number of nitrogens with one attached hydrogen (secondary N) is 2. The van der Waals surface area contributed by atoms with Crippen molar-refractivity contribution in [1.82, 2.24) is 10.3 Å². The topological polar surface area (TPSA) is 63.2 Å². The van der Waals surface area contributed by atoms with Crippen LogP contribution in [0.2, 0.25) is 0 Å². The molecular weight excluding hydrogens is 213 g/mol. The highest BCUT2D eigenvalue weighted by atomic mass is 19.1. The molecular formula is C10H14FN3O2. The standard InChI is InChI=1S/C10H14FN3O2/c1-16-5-4-12-7-10(15)14-9-3-2-8(11)6-13-9/h2-3,6,12H,4-5,7H2,1H3,(H,13,14,15). The maximum atomic E-state index is 12.5. The molecule has 0 aromatic carbocycles. The van der Waals surface area contributed by atoms with Gasteiger partial charge in [0, 0.05) is 13.7 Å². The highest BCUT2D eigenvalue weighted by molar-refractivity contribution is 5.91. The molecule has 0 spiro atoms. The number of hydrogen-bond donors (Lipinski definition) is 2. The van der Waals surface area contributed by atoms with Gasteiger partial charge in [0.05, 0.1) is 19.3 Å². The molecule has 6 heteroatoms. The summed E-state index contributed by atoms with van der Waals surface area (Å²) in [6.07, 6.45) is 1.05. The maximum absolute atomic E-state index is 12.5. The number of carbonyl (C=O) groups excluding carboxylic acids is 1. The molecule has 0 aliphatic carbocycles. The molecule has 2 N–H and O–H groups in total. The largest absolute Gasteiger partial charge is 0.383 e. The second-order valence-electron chi connectivity index (χ2n) is 3.08. The first kappa shape index (κ1) is 12.5. The van der Waals surface area contributed by atoms with Crippen molar-refractivity contribution in [3.8, 4) is 0 Å². The predicted octanol–water partition coefficient (Wildman–Crippen LogP) is 0.395. The summed E-state index contributed by atoms with van der Waals surface area (Å²) in [7, 11) is 1.59. The lowest BCUT2D eigenvalue weighted by atomic mass is 10.4. The summed E-state index contributed by atoms with van der Waals surface area (Å²) in [4.78, 5) is 15.0. The van der Waals surface area contributed by atoms with Crippen LogP contribution >= 0.6 is 0 Å². The number of ether oxygens (including phenoxy) is 1. The number of rotatable bonds is 6. The van der Waals surface area contributed by atoms with Crippen molar-refractivity contribution in [2.24, 2.45) is 0 Å². The zero-order valence-corrected chi connectivity index (χ0v) is 9.00. The fraction of sp³-hybridized carbons (Fsp3) is 0.400. The van der Waals surface area contributed by atoms with Crippen LogP contribution in [0.1, 0.15) is 0 Å². The number of carbonyl (C=O) groups is 1. The van der Waals surface area contributed by atoms with Crippen LogP contribution in [0.25, 0.3) is 0 Å². The van der Waals surface area contributed by atoms with E-state index in [4.69, 9.17) is 4.74 Å². The first-order valence-corrected chi connectivity index (χ1v) is 4.83. The lowest BCUT2D eigenvalue weighted by Crippen LogP contribution is -2.30. The van der Waals surface area contributed by atoms with Crippen molar-refractivity contribution in [3.63, 3.8) is 0 Å². The van der Waals surface area contributed by atoms with E-state index in [1.165, 1.54) is 12.1 Å². The third-order valence-corrected chi connectivity index (χ3v) is 1.76. The Hall–Kier alpha value is -1.53. The van der Waals surface area contributed by atoms with E-state index in [0.29, 0.717) is 19.0 Å². The molecule has 88 valence electrons. The first-order chi connectivity index (χ1) is 7.72. The summed E-state index contributed by atoms with van der Waals surface area (Å²) in [5.41, 5.74) is 0. The number of halogens is 1. The van der Waals surface area contributed by atoms with Crippen LogP contribution in [0.15, 0.2) is 18.3 Å². The molecule has 0 unspecified atom stereocenters. The van der Waals surface area contributed by atoms with E-state index in [2.05, 4.69) is 15.6 Å². The number of amides is 1. The van der Waals surface area contributed by atoms with Crippen LogP contribution < -0.4 is 10.6 Å². The Morgan fingerprint density at radius 3 is 3.00 bits per heavy atom. The number of anilines is 1. The minimum atomic E-state index is -0.434. The molecule has 0 bridgehead atoms. The maximum Gasteiger partial charge on any atom is 0.239 e. The van der Waals surface area contributed by atoms with Crippen molar-refractivity contribution < 1.29 is 13.9 Å². The minimum absolute atomic E-state index is 0.169. The van der Waals surface area contributed by atoms with E-state index >= 15 is 0 Å². The number of methoxy groups -OCH3 is 1. The van der Waals surface area contributed by atoms with E-state index in [1.54, 1.807) is 7.11 Å². The van der Waals surface area contributed by atoms with Crippen molar-refractivity contribution in [1.29, 1.82) is 0 Å². The molecule has 0 atom stereocenters. The van der Waals surface area contributed by atoms with Crippen LogP contribution in [0.3, 0.4) is 0 Å². The van der Waals surface area contributed by atoms with E-state index in [9.17, 15) is 9.18 Å². The molecule has 1 aromatic rings. The average molecular weight is 227 g/mol. The van der Waals surface area contributed by atoms with Gasteiger partial charge in [0.2, 0.25) is 5.91 Å². The monoisotopic (exact) mass is 227 g/mol. The molecule has 0 saturated carbocycles. The number of nitrogens with zero attached hydrogens (tertiary/aromatic N) is 1. The molecule has 1 heterocycles. The molecule has 1 aromatic heterocycles. The summed E-state index contributed by atoms with van der Waals surface area (Å²) in [5.74, 6) is -0.327. The third kappa shape index (κ3) is 4.81. The van der Waals surface area contributed by atoms with Gasteiger partial charge in [-0.05, 0) is 12.1 Å². The normalized spacial score (nSPS) is 10.1. The summed E-state index contributed by atoms with van der Waals surface area (Å²) in [6, 6.07) is 2.64. The van der Waals surface area contributed by atoms with Crippen molar-refractivity contribution >= 4 is 11.7 Å². The van der Waals surface area contributed by atoms with E-state index in [1.807, 2.05) is 0 Å². The van der Waals surface area contributed by atoms with Gasteiger partial charge in [0.25, 0.3) is 0 Å². The van der Waals surface area contributed by atoms with Crippen molar-refractivity contribution in [3.05, 3.63) is 24.1 Å². The summed E-state index contributed by atoms with van der Waals surface area (Å²) in [5, 5.41) is 5.40. The fourth-order valence-corrected chi connectivity index (χ4v) is 1.01. The lowest BCUT2D eigenvalue weighted by molar-refractivity contribution is -0.115. The van der Waals surface area contributed by atoms with Gasteiger partial charge >= 0.3 is 0 Å². The summed E-state index contributed by atoms with van der Waals surface area (Å²) in [6.45, 7) is 1.31. The average Bonchev–Trinajstić information content (AvgIpc) is 2.28. The van der Waals surface area contributed by atoms with Crippen LogP contribution in [0, 0.1) is 5.82 Å². The number of pyridine rings is 1. The van der Waals surface area contributed by atoms with Crippen LogP contribution in [-0.4, -0.2) is 37.7 Å². The Labute approximate surface area is 93.0 Å². The Balaban J connectivity index is 2.26. The van der Waals surface area contributed by atoms with Crippen LogP contribution in [0.5, 0.6) is 0 Å².